The number of carbonyl (C=O) groups is 2. The van der Waals surface area contributed by atoms with Gasteiger partial charge < -0.3 is 14.7 Å². The number of alkyl halides is 3. The van der Waals surface area contributed by atoms with Crippen LogP contribution in [0.25, 0.3) is 0 Å². The second kappa shape index (κ2) is 11.6. The molecule has 1 amide bonds. The summed E-state index contributed by atoms with van der Waals surface area (Å²) in [5.74, 6) is -2.27. The molecule has 2 aromatic rings. The number of benzene rings is 1. The number of carboxylic acid groups (broad SMARTS) is 1. The molecule has 2 heterocycles. The molecule has 3 rings (SSSR count). The number of carbonyl (C=O) groups excluding carboxylic acids is 1. The summed E-state index contributed by atoms with van der Waals surface area (Å²) in [6.07, 6.45) is -0.941. The van der Waals surface area contributed by atoms with Gasteiger partial charge in [-0.05, 0) is 37.5 Å². The number of rotatable bonds is 5. The lowest BCUT2D eigenvalue weighted by molar-refractivity contribution is -0.192. The number of halogens is 3. The van der Waals surface area contributed by atoms with Gasteiger partial charge in [0.15, 0.2) is 0 Å². The van der Waals surface area contributed by atoms with Crippen LogP contribution < -0.4 is 0 Å². The Kier molecular flexibility index (Phi) is 9.19. The van der Waals surface area contributed by atoms with E-state index in [2.05, 4.69) is 36.2 Å². The van der Waals surface area contributed by atoms with E-state index in [-0.39, 0.29) is 12.0 Å². The molecule has 1 saturated heterocycles. The van der Waals surface area contributed by atoms with E-state index in [1.165, 1.54) is 11.1 Å². The minimum atomic E-state index is -5.08. The molecule has 174 valence electrons. The lowest BCUT2D eigenvalue weighted by Gasteiger charge is -2.38. The van der Waals surface area contributed by atoms with Gasteiger partial charge in [-0.3, -0.25) is 9.78 Å². The Morgan fingerprint density at radius 2 is 1.94 bits per heavy atom. The average molecular weight is 452 g/mol. The van der Waals surface area contributed by atoms with Gasteiger partial charge in [-0.2, -0.15) is 13.2 Å². The molecule has 6 nitrogen and oxygen atoms in total. The van der Waals surface area contributed by atoms with Gasteiger partial charge in [0.1, 0.15) is 0 Å². The van der Waals surface area contributed by atoms with E-state index in [4.69, 9.17) is 14.6 Å². The van der Waals surface area contributed by atoms with E-state index in [1.54, 1.807) is 13.3 Å². The van der Waals surface area contributed by atoms with Crippen molar-refractivity contribution < 1.29 is 32.6 Å². The van der Waals surface area contributed by atoms with Crippen molar-refractivity contribution in [2.45, 2.75) is 38.5 Å². The number of likely N-dealkylation sites (tertiary alicyclic amines) is 1. The smallest absolute Gasteiger partial charge is 0.475 e. The molecule has 9 heteroatoms. The van der Waals surface area contributed by atoms with E-state index in [9.17, 15) is 18.0 Å². The van der Waals surface area contributed by atoms with Crippen LogP contribution in [0.4, 0.5) is 13.2 Å². The third-order valence-corrected chi connectivity index (χ3v) is 5.20. The molecule has 0 radical (unpaired) electrons. The summed E-state index contributed by atoms with van der Waals surface area (Å²) in [7, 11) is 1.78. The molecule has 0 unspecified atom stereocenters. The summed E-state index contributed by atoms with van der Waals surface area (Å²) >= 11 is 0. The van der Waals surface area contributed by atoms with Crippen LogP contribution in [0, 0.1) is 12.8 Å². The Morgan fingerprint density at radius 1 is 1.22 bits per heavy atom. The van der Waals surface area contributed by atoms with Gasteiger partial charge in [0.25, 0.3) is 0 Å². The van der Waals surface area contributed by atoms with Crippen LogP contribution in [0.2, 0.25) is 0 Å². The van der Waals surface area contributed by atoms with Crippen molar-refractivity contribution in [2.75, 3.05) is 20.2 Å². The first kappa shape index (κ1) is 25.3. The highest BCUT2D eigenvalue weighted by atomic mass is 19.4. The molecule has 1 N–H and O–H groups in total. The molecule has 32 heavy (non-hydrogen) atoms. The maximum absolute atomic E-state index is 12.7. The molecule has 1 aromatic carbocycles. The van der Waals surface area contributed by atoms with Crippen LogP contribution in [0.1, 0.15) is 23.2 Å². The van der Waals surface area contributed by atoms with Crippen LogP contribution in [0.3, 0.4) is 0 Å². The van der Waals surface area contributed by atoms with Gasteiger partial charge in [-0.25, -0.2) is 4.79 Å². The largest absolute Gasteiger partial charge is 0.490 e. The van der Waals surface area contributed by atoms with Crippen molar-refractivity contribution >= 4 is 11.9 Å². The maximum Gasteiger partial charge on any atom is 0.490 e. The molecule has 1 aliphatic heterocycles. The zero-order valence-electron chi connectivity index (χ0n) is 18.0. The van der Waals surface area contributed by atoms with Crippen molar-refractivity contribution in [2.24, 2.45) is 5.92 Å². The van der Waals surface area contributed by atoms with Crippen molar-refractivity contribution in [1.29, 1.82) is 0 Å². The van der Waals surface area contributed by atoms with Gasteiger partial charge in [0.05, 0.1) is 12.5 Å². The van der Waals surface area contributed by atoms with E-state index < -0.39 is 12.1 Å². The lowest BCUT2D eigenvalue weighted by Crippen LogP contribution is -2.47. The number of piperidine rings is 1. The van der Waals surface area contributed by atoms with Gasteiger partial charge in [0, 0.05) is 38.0 Å². The SMILES string of the molecule is CO[C@H]1CCN(C(=O)Cc2ccccn2)C[C@@H]1Cc1cccc(C)c1.O=C(O)C(F)(F)F. The molecule has 2 atom stereocenters. The summed E-state index contributed by atoms with van der Waals surface area (Å²) in [5.41, 5.74) is 3.41. The third kappa shape index (κ3) is 7.96. The highest BCUT2D eigenvalue weighted by Crippen LogP contribution is 2.24. The van der Waals surface area contributed by atoms with Crippen molar-refractivity contribution in [3.63, 3.8) is 0 Å². The van der Waals surface area contributed by atoms with Crippen molar-refractivity contribution in [3.05, 3.63) is 65.5 Å². The molecule has 0 bridgehead atoms. The lowest BCUT2D eigenvalue weighted by atomic mass is 9.88. The molecule has 0 aliphatic carbocycles. The third-order valence-electron chi connectivity index (χ3n) is 5.20. The molecule has 0 spiro atoms. The minimum Gasteiger partial charge on any atom is -0.475 e. The second-order valence-electron chi connectivity index (χ2n) is 7.66. The van der Waals surface area contributed by atoms with Gasteiger partial charge in [-0.1, -0.05) is 35.9 Å². The molecule has 1 aliphatic rings. The molecular weight excluding hydrogens is 425 g/mol. The molecule has 0 saturated carbocycles. The fraction of sp³-hybridized carbons (Fsp3) is 0.435. The number of pyridine rings is 1. The second-order valence-corrected chi connectivity index (χ2v) is 7.66. The number of hydrogen-bond donors (Lipinski definition) is 1. The summed E-state index contributed by atoms with van der Waals surface area (Å²) in [5, 5.41) is 7.12. The Hall–Kier alpha value is -2.94. The first-order valence-corrected chi connectivity index (χ1v) is 10.2. The van der Waals surface area contributed by atoms with E-state index in [0.717, 1.165) is 31.6 Å². The number of amides is 1. The minimum absolute atomic E-state index is 0.155. The van der Waals surface area contributed by atoms with Gasteiger partial charge in [-0.15, -0.1) is 0 Å². The van der Waals surface area contributed by atoms with Gasteiger partial charge in [0.2, 0.25) is 5.91 Å². The fourth-order valence-electron chi connectivity index (χ4n) is 3.65. The average Bonchev–Trinajstić information content (AvgIpc) is 2.74. The quantitative estimate of drug-likeness (QED) is 0.749. The van der Waals surface area contributed by atoms with Crippen LogP contribution in [0.15, 0.2) is 48.7 Å². The van der Waals surface area contributed by atoms with E-state index in [1.807, 2.05) is 23.1 Å². The molecule has 1 fully saturated rings. The number of aliphatic carboxylic acids is 1. The predicted molar refractivity (Wildman–Crippen MR) is 112 cm³/mol. The van der Waals surface area contributed by atoms with Crippen molar-refractivity contribution in [3.8, 4) is 0 Å². The summed E-state index contributed by atoms with van der Waals surface area (Å²) < 4.78 is 37.4. The number of hydrogen-bond acceptors (Lipinski definition) is 4. The highest BCUT2D eigenvalue weighted by molar-refractivity contribution is 5.78. The zero-order valence-corrected chi connectivity index (χ0v) is 18.0. The Labute approximate surface area is 185 Å². The highest BCUT2D eigenvalue weighted by Gasteiger charge is 2.38. The number of aryl methyl sites for hydroxylation is 1. The summed E-state index contributed by atoms with van der Waals surface area (Å²) in [6, 6.07) is 14.3. The standard InChI is InChI=1S/C21H26N2O2.C2HF3O2/c1-16-6-5-7-17(12-16)13-18-15-23(11-9-20(18)25-2)21(24)14-19-8-3-4-10-22-19;3-2(4,5)1(6)7/h3-8,10,12,18,20H,9,11,13-15H2,1-2H3;(H,6,7)/t18-,20-;/m0./s1. The van der Waals surface area contributed by atoms with Gasteiger partial charge >= 0.3 is 12.1 Å². The Morgan fingerprint density at radius 3 is 2.50 bits per heavy atom. The Balaban J connectivity index is 0.000000451. The maximum atomic E-state index is 12.7. The number of ether oxygens (including phenoxy) is 1. The fourth-order valence-corrected chi connectivity index (χ4v) is 3.65. The van der Waals surface area contributed by atoms with Crippen LogP contribution in [-0.4, -0.2) is 59.3 Å². The van der Waals surface area contributed by atoms with Crippen LogP contribution in [-0.2, 0) is 27.2 Å². The number of aromatic nitrogens is 1. The first-order chi connectivity index (χ1) is 15.1. The van der Waals surface area contributed by atoms with Crippen molar-refractivity contribution in [1.82, 2.24) is 9.88 Å². The normalized spacial score (nSPS) is 18.5. The van der Waals surface area contributed by atoms with E-state index in [0.29, 0.717) is 12.3 Å². The molecular formula is C23H27F3N2O4. The zero-order chi connectivity index (χ0) is 23.7. The molecule has 1 aromatic heterocycles. The summed E-state index contributed by atoms with van der Waals surface area (Å²) in [6.45, 7) is 3.62. The Bertz CT molecular complexity index is 890. The predicted octanol–water partition coefficient (Wildman–Crippen LogP) is 3.67. The number of nitrogens with zero attached hydrogens (tertiary/aromatic N) is 2. The number of methoxy groups -OCH3 is 1. The first-order valence-electron chi connectivity index (χ1n) is 10.2. The topological polar surface area (TPSA) is 79.7 Å². The summed E-state index contributed by atoms with van der Waals surface area (Å²) in [4.78, 5) is 27.8. The monoisotopic (exact) mass is 452 g/mol. The van der Waals surface area contributed by atoms with Crippen LogP contribution in [0.5, 0.6) is 0 Å². The van der Waals surface area contributed by atoms with E-state index >= 15 is 0 Å². The number of carboxylic acids is 1. The van der Waals surface area contributed by atoms with Crippen LogP contribution >= 0.6 is 0 Å².